The minimum Gasteiger partial charge on any atom is -0.389 e. The molecule has 0 aromatic heterocycles. The Labute approximate surface area is 125 Å². The second-order valence-corrected chi connectivity index (χ2v) is 6.98. The molecule has 112 valence electrons. The van der Waals surface area contributed by atoms with Crippen molar-refractivity contribution < 1.29 is 13.2 Å². The van der Waals surface area contributed by atoms with Crippen molar-refractivity contribution in [3.05, 3.63) is 29.3 Å². The highest BCUT2D eigenvalue weighted by molar-refractivity contribution is 7.92. The fourth-order valence-corrected chi connectivity index (χ4v) is 2.89. The Bertz CT molecular complexity index is 583. The average molecular weight is 316 g/mol. The third-order valence-corrected chi connectivity index (χ3v) is 4.03. The zero-order valence-electron chi connectivity index (χ0n) is 11.8. The van der Waals surface area contributed by atoms with E-state index in [1.165, 1.54) is 0 Å². The molecule has 5 nitrogen and oxygen atoms in total. The predicted octanol–water partition coefficient (Wildman–Crippen LogP) is 1.80. The average Bonchev–Trinajstić information content (AvgIpc) is 2.26. The number of nitrogens with two attached hydrogens (primary N) is 1. The number of nitrogens with one attached hydrogen (secondary N) is 1. The van der Waals surface area contributed by atoms with E-state index in [1.54, 1.807) is 12.1 Å². The van der Waals surface area contributed by atoms with E-state index in [4.69, 9.17) is 22.7 Å². The van der Waals surface area contributed by atoms with E-state index in [2.05, 4.69) is 4.72 Å². The standard InChI is InChI=1S/C13H20N2O3S2/c1-9(2)18-7-8-20(16,17)15-11-6-4-5-10(3)12(11)13(14)19/h4-6,9,15H,7-8H2,1-3H3,(H2,14,19). The monoisotopic (exact) mass is 316 g/mol. The summed E-state index contributed by atoms with van der Waals surface area (Å²) in [7, 11) is -3.49. The maximum atomic E-state index is 12.0. The zero-order chi connectivity index (χ0) is 15.3. The molecule has 3 N–H and O–H groups in total. The Morgan fingerprint density at radius 3 is 2.65 bits per heavy atom. The van der Waals surface area contributed by atoms with Crippen LogP contribution < -0.4 is 10.5 Å². The van der Waals surface area contributed by atoms with Crippen molar-refractivity contribution in [3.8, 4) is 0 Å². The summed E-state index contributed by atoms with van der Waals surface area (Å²) >= 11 is 4.97. The van der Waals surface area contributed by atoms with Crippen molar-refractivity contribution in [1.29, 1.82) is 0 Å². The number of thiocarbonyl (C=S) groups is 1. The van der Waals surface area contributed by atoms with E-state index in [0.717, 1.165) is 5.56 Å². The molecule has 0 heterocycles. The molecular formula is C13H20N2O3S2. The van der Waals surface area contributed by atoms with Gasteiger partial charge in [0, 0.05) is 5.56 Å². The van der Waals surface area contributed by atoms with Gasteiger partial charge in [0.25, 0.3) is 0 Å². The van der Waals surface area contributed by atoms with Gasteiger partial charge in [0.15, 0.2) is 0 Å². The molecule has 0 aliphatic carbocycles. The Kier molecular flexibility index (Phi) is 5.91. The van der Waals surface area contributed by atoms with Gasteiger partial charge in [-0.1, -0.05) is 24.4 Å². The molecule has 1 aromatic rings. The minimum absolute atomic E-state index is 0.00338. The van der Waals surface area contributed by atoms with Gasteiger partial charge in [0.05, 0.1) is 24.2 Å². The SMILES string of the molecule is Cc1cccc(NS(=O)(=O)CCOC(C)C)c1C(N)=S. The summed E-state index contributed by atoms with van der Waals surface area (Å²) < 4.78 is 31.7. The summed E-state index contributed by atoms with van der Waals surface area (Å²) in [6, 6.07) is 5.22. The number of benzene rings is 1. The minimum atomic E-state index is -3.49. The van der Waals surface area contributed by atoms with Crippen LogP contribution in [0.15, 0.2) is 18.2 Å². The molecule has 0 radical (unpaired) electrons. The highest BCUT2D eigenvalue weighted by Gasteiger charge is 2.15. The van der Waals surface area contributed by atoms with E-state index >= 15 is 0 Å². The van der Waals surface area contributed by atoms with Crippen molar-refractivity contribution in [3.63, 3.8) is 0 Å². The molecular weight excluding hydrogens is 296 g/mol. The second-order valence-electron chi connectivity index (χ2n) is 4.70. The first-order valence-electron chi connectivity index (χ1n) is 6.24. The Morgan fingerprint density at radius 2 is 2.10 bits per heavy atom. The number of ether oxygens (including phenoxy) is 1. The van der Waals surface area contributed by atoms with Crippen LogP contribution in [-0.2, 0) is 14.8 Å². The summed E-state index contributed by atoms with van der Waals surface area (Å²) in [5.74, 6) is -0.115. The van der Waals surface area contributed by atoms with Crippen molar-refractivity contribution in [1.82, 2.24) is 0 Å². The van der Waals surface area contributed by atoms with E-state index < -0.39 is 10.0 Å². The maximum Gasteiger partial charge on any atom is 0.235 e. The van der Waals surface area contributed by atoms with Crippen LogP contribution in [0.4, 0.5) is 5.69 Å². The molecule has 0 saturated carbocycles. The van der Waals surface area contributed by atoms with Crippen LogP contribution in [0, 0.1) is 6.92 Å². The molecule has 1 aromatic carbocycles. The maximum absolute atomic E-state index is 12.0. The van der Waals surface area contributed by atoms with Crippen LogP contribution in [0.1, 0.15) is 25.0 Å². The molecule has 20 heavy (non-hydrogen) atoms. The number of aryl methyl sites for hydroxylation is 1. The van der Waals surface area contributed by atoms with Crippen LogP contribution >= 0.6 is 12.2 Å². The Hall–Kier alpha value is -1.18. The highest BCUT2D eigenvalue weighted by Crippen LogP contribution is 2.20. The molecule has 0 unspecified atom stereocenters. The highest BCUT2D eigenvalue weighted by atomic mass is 32.2. The van der Waals surface area contributed by atoms with Crippen molar-refractivity contribution in [2.45, 2.75) is 26.9 Å². The third kappa shape index (κ3) is 5.07. The number of hydrogen-bond acceptors (Lipinski definition) is 4. The van der Waals surface area contributed by atoms with Gasteiger partial charge < -0.3 is 10.5 Å². The van der Waals surface area contributed by atoms with Gasteiger partial charge in [-0.05, 0) is 32.4 Å². The van der Waals surface area contributed by atoms with Crippen LogP contribution in [-0.4, -0.2) is 31.9 Å². The first-order chi connectivity index (χ1) is 9.23. The van der Waals surface area contributed by atoms with Gasteiger partial charge >= 0.3 is 0 Å². The second kappa shape index (κ2) is 7.01. The fourth-order valence-electron chi connectivity index (χ4n) is 1.69. The number of anilines is 1. The first-order valence-corrected chi connectivity index (χ1v) is 8.30. The predicted molar refractivity (Wildman–Crippen MR) is 85.6 cm³/mol. The van der Waals surface area contributed by atoms with Gasteiger partial charge in [0.2, 0.25) is 10.0 Å². The van der Waals surface area contributed by atoms with Gasteiger partial charge in [-0.2, -0.15) is 0 Å². The number of sulfonamides is 1. The quantitative estimate of drug-likeness (QED) is 0.750. The number of hydrogen-bond donors (Lipinski definition) is 2. The third-order valence-electron chi connectivity index (χ3n) is 2.59. The lowest BCUT2D eigenvalue weighted by Crippen LogP contribution is -2.23. The molecule has 0 aliphatic rings. The van der Waals surface area contributed by atoms with Gasteiger partial charge in [-0.15, -0.1) is 0 Å². The molecule has 0 saturated heterocycles. The normalized spacial score (nSPS) is 11.6. The smallest absolute Gasteiger partial charge is 0.235 e. The van der Waals surface area contributed by atoms with Crippen LogP contribution in [0.3, 0.4) is 0 Å². The fraction of sp³-hybridized carbons (Fsp3) is 0.462. The summed E-state index contributed by atoms with van der Waals surface area (Å²) in [6.45, 7) is 5.67. The molecule has 0 atom stereocenters. The largest absolute Gasteiger partial charge is 0.389 e. The Balaban J connectivity index is 2.87. The molecule has 1 rings (SSSR count). The van der Waals surface area contributed by atoms with E-state index in [-0.39, 0.29) is 23.5 Å². The first kappa shape index (κ1) is 16.9. The van der Waals surface area contributed by atoms with Crippen molar-refractivity contribution >= 4 is 32.9 Å². The topological polar surface area (TPSA) is 81.4 Å². The lowest BCUT2D eigenvalue weighted by molar-refractivity contribution is 0.0913. The summed E-state index contributed by atoms with van der Waals surface area (Å²) in [5.41, 5.74) is 7.43. The van der Waals surface area contributed by atoms with E-state index in [1.807, 2.05) is 26.8 Å². The lowest BCUT2D eigenvalue weighted by Gasteiger charge is -2.14. The van der Waals surface area contributed by atoms with Crippen molar-refractivity contribution in [2.24, 2.45) is 5.73 Å². The lowest BCUT2D eigenvalue weighted by atomic mass is 10.1. The summed E-state index contributed by atoms with van der Waals surface area (Å²) in [4.78, 5) is 0.166. The molecule has 0 amide bonds. The van der Waals surface area contributed by atoms with Crippen LogP contribution in [0.5, 0.6) is 0 Å². The summed E-state index contributed by atoms with van der Waals surface area (Å²) in [6.07, 6.45) is -0.00338. The van der Waals surface area contributed by atoms with Gasteiger partial charge in [-0.3, -0.25) is 4.72 Å². The van der Waals surface area contributed by atoms with Gasteiger partial charge in [0.1, 0.15) is 4.99 Å². The zero-order valence-corrected chi connectivity index (χ0v) is 13.5. The molecule has 0 aliphatic heterocycles. The number of rotatable bonds is 7. The molecule has 0 fully saturated rings. The Morgan fingerprint density at radius 1 is 1.45 bits per heavy atom. The molecule has 7 heteroatoms. The van der Waals surface area contributed by atoms with Crippen molar-refractivity contribution in [2.75, 3.05) is 17.1 Å². The van der Waals surface area contributed by atoms with Crippen LogP contribution in [0.2, 0.25) is 0 Å². The van der Waals surface area contributed by atoms with Gasteiger partial charge in [-0.25, -0.2) is 8.42 Å². The summed E-state index contributed by atoms with van der Waals surface area (Å²) in [5, 5.41) is 0. The van der Waals surface area contributed by atoms with E-state index in [9.17, 15) is 8.42 Å². The molecule has 0 bridgehead atoms. The van der Waals surface area contributed by atoms with E-state index in [0.29, 0.717) is 11.3 Å². The molecule has 0 spiro atoms. The van der Waals surface area contributed by atoms with Crippen LogP contribution in [0.25, 0.3) is 0 Å².